The van der Waals surface area contributed by atoms with Crippen LogP contribution in [0.15, 0.2) is 0 Å². The van der Waals surface area contributed by atoms with E-state index >= 15 is 0 Å². The van der Waals surface area contributed by atoms with Crippen LogP contribution in [0.25, 0.3) is 0 Å². The van der Waals surface area contributed by atoms with E-state index in [1.807, 2.05) is 6.92 Å². The molecule has 0 spiro atoms. The first-order valence-electron chi connectivity index (χ1n) is 3.38. The molecule has 1 rings (SSSR count). The molecule has 1 fully saturated rings. The van der Waals surface area contributed by atoms with Gasteiger partial charge in [0.1, 0.15) is 0 Å². The molecule has 1 saturated carbocycles. The number of carboxylic acids is 1. The topological polar surface area (TPSA) is 37.3 Å². The molecule has 1 aliphatic carbocycles. The van der Waals surface area contributed by atoms with Crippen LogP contribution in [0.3, 0.4) is 0 Å². The van der Waals surface area contributed by atoms with Gasteiger partial charge in [0.15, 0.2) is 0 Å². The normalized spacial score (nSPS) is 21.7. The first-order valence-corrected chi connectivity index (χ1v) is 3.38. The minimum atomic E-state index is -0.625. The molecule has 1 aliphatic rings. The van der Waals surface area contributed by atoms with Gasteiger partial charge < -0.3 is 5.11 Å². The van der Waals surface area contributed by atoms with Crippen LogP contribution >= 0.6 is 0 Å². The summed E-state index contributed by atoms with van der Waals surface area (Å²) in [5, 5.41) is 8.67. The summed E-state index contributed by atoms with van der Waals surface area (Å²) in [5.74, 6) is -0.625. The number of carboxylic acid groups (broad SMARTS) is 1. The second kappa shape index (κ2) is 3.69. The summed E-state index contributed by atoms with van der Waals surface area (Å²) in [6.07, 6.45) is 3.90. The van der Waals surface area contributed by atoms with Gasteiger partial charge in [-0.1, -0.05) is 12.8 Å². The van der Waals surface area contributed by atoms with E-state index < -0.39 is 5.97 Å². The van der Waals surface area contributed by atoms with Gasteiger partial charge in [-0.05, 0) is 19.8 Å². The monoisotopic (exact) mass is 242 g/mol. The van der Waals surface area contributed by atoms with Crippen LogP contribution in [0.4, 0.5) is 0 Å². The average Bonchev–Trinajstić information content (AvgIpc) is 2.16. The Morgan fingerprint density at radius 2 is 1.80 bits per heavy atom. The van der Waals surface area contributed by atoms with Crippen molar-refractivity contribution in [2.24, 2.45) is 5.41 Å². The van der Waals surface area contributed by atoms with E-state index in [4.69, 9.17) is 5.11 Å². The summed E-state index contributed by atoms with van der Waals surface area (Å²) in [6.45, 7) is 1.84. The third kappa shape index (κ3) is 1.94. The molecule has 0 atom stereocenters. The Balaban J connectivity index is 0.000000810. The molecule has 0 aromatic rings. The van der Waals surface area contributed by atoms with Gasteiger partial charge in [0.25, 0.3) is 0 Å². The Morgan fingerprint density at radius 1 is 1.40 bits per heavy atom. The number of hydrogen-bond donors (Lipinski definition) is 1. The van der Waals surface area contributed by atoms with Crippen molar-refractivity contribution in [1.82, 2.24) is 0 Å². The molecule has 0 aromatic heterocycles. The van der Waals surface area contributed by atoms with Crippen molar-refractivity contribution in [2.45, 2.75) is 32.6 Å². The minimum Gasteiger partial charge on any atom is -0.481 e. The second-order valence-electron chi connectivity index (χ2n) is 3.07. The predicted molar refractivity (Wildman–Crippen MR) is 34.2 cm³/mol. The molecule has 2 nitrogen and oxygen atoms in total. The van der Waals surface area contributed by atoms with E-state index in [9.17, 15) is 4.79 Å². The fourth-order valence-electron chi connectivity index (χ4n) is 1.37. The molecular formula is C7H12CdO2. The first kappa shape index (κ1) is 10.4. The fourth-order valence-corrected chi connectivity index (χ4v) is 1.37. The zero-order valence-electron chi connectivity index (χ0n) is 6.39. The molecule has 0 saturated heterocycles. The number of hydrogen-bond acceptors (Lipinski definition) is 1. The third-order valence-corrected chi connectivity index (χ3v) is 2.22. The van der Waals surface area contributed by atoms with Gasteiger partial charge in [-0.3, -0.25) is 4.79 Å². The molecule has 0 radical (unpaired) electrons. The zero-order valence-corrected chi connectivity index (χ0v) is 10.4. The number of aliphatic carboxylic acids is 1. The standard InChI is InChI=1S/C7H12O2.Cd/c1-7(6(8)9)4-2-3-5-7;/h2-5H2,1H3,(H,8,9);. The first-order chi connectivity index (χ1) is 4.15. The van der Waals surface area contributed by atoms with Crippen molar-refractivity contribution >= 4 is 5.97 Å². The van der Waals surface area contributed by atoms with Gasteiger partial charge in [0.05, 0.1) is 5.41 Å². The molecule has 10 heavy (non-hydrogen) atoms. The Bertz CT molecular complexity index is 128. The van der Waals surface area contributed by atoms with E-state index in [0.717, 1.165) is 25.7 Å². The number of rotatable bonds is 1. The smallest absolute Gasteiger partial charge is 0.309 e. The van der Waals surface area contributed by atoms with Gasteiger partial charge in [-0.25, -0.2) is 0 Å². The average molecular weight is 241 g/mol. The van der Waals surface area contributed by atoms with Crippen molar-refractivity contribution in [2.75, 3.05) is 0 Å². The molecule has 0 bridgehead atoms. The van der Waals surface area contributed by atoms with Crippen LogP contribution < -0.4 is 0 Å². The summed E-state index contributed by atoms with van der Waals surface area (Å²) in [6, 6.07) is 0. The molecule has 0 unspecified atom stereocenters. The van der Waals surface area contributed by atoms with Crippen molar-refractivity contribution in [3.63, 3.8) is 0 Å². The Hall–Kier alpha value is 0.392. The van der Waals surface area contributed by atoms with Gasteiger partial charge in [0, 0.05) is 27.3 Å². The van der Waals surface area contributed by atoms with Crippen molar-refractivity contribution in [3.8, 4) is 0 Å². The molecule has 54 valence electrons. The summed E-state index contributed by atoms with van der Waals surface area (Å²) < 4.78 is 0. The van der Waals surface area contributed by atoms with Crippen molar-refractivity contribution in [1.29, 1.82) is 0 Å². The van der Waals surface area contributed by atoms with E-state index in [1.54, 1.807) is 0 Å². The summed E-state index contributed by atoms with van der Waals surface area (Å²) in [7, 11) is 0. The molecule has 0 amide bonds. The van der Waals surface area contributed by atoms with Crippen LogP contribution in [-0.2, 0) is 32.1 Å². The van der Waals surface area contributed by atoms with Gasteiger partial charge in [-0.15, -0.1) is 0 Å². The maximum absolute atomic E-state index is 10.5. The van der Waals surface area contributed by atoms with Crippen LogP contribution in [0, 0.1) is 5.41 Å². The van der Waals surface area contributed by atoms with Crippen molar-refractivity contribution in [3.05, 3.63) is 0 Å². The van der Waals surface area contributed by atoms with Crippen molar-refractivity contribution < 1.29 is 37.2 Å². The zero-order chi connectivity index (χ0) is 6.91. The SMILES string of the molecule is CC1(C(=O)O)CCCC1.[Cd]. The maximum atomic E-state index is 10.5. The third-order valence-electron chi connectivity index (χ3n) is 2.22. The number of carbonyl (C=O) groups is 1. The van der Waals surface area contributed by atoms with Gasteiger partial charge in [-0.2, -0.15) is 0 Å². The maximum Gasteiger partial charge on any atom is 0.309 e. The summed E-state index contributed by atoms with van der Waals surface area (Å²) >= 11 is 0. The molecule has 1 N–H and O–H groups in total. The molecule has 0 aromatic carbocycles. The molecule has 0 aliphatic heterocycles. The van der Waals surface area contributed by atoms with Crippen LogP contribution in [-0.4, -0.2) is 11.1 Å². The molecule has 0 heterocycles. The minimum absolute atomic E-state index is 0. The predicted octanol–water partition coefficient (Wildman–Crippen LogP) is 1.65. The fraction of sp³-hybridized carbons (Fsp3) is 0.857. The van der Waals surface area contributed by atoms with Crippen LogP contribution in [0.1, 0.15) is 32.6 Å². The quantitative estimate of drug-likeness (QED) is 0.708. The summed E-state index contributed by atoms with van der Waals surface area (Å²) in [4.78, 5) is 10.5. The van der Waals surface area contributed by atoms with Gasteiger partial charge in [0.2, 0.25) is 0 Å². The van der Waals surface area contributed by atoms with Crippen LogP contribution in [0.5, 0.6) is 0 Å². The Labute approximate surface area is 81.2 Å². The van der Waals surface area contributed by atoms with E-state index in [2.05, 4.69) is 0 Å². The summed E-state index contributed by atoms with van der Waals surface area (Å²) in [5.41, 5.74) is -0.389. The molecule has 3 heteroatoms. The van der Waals surface area contributed by atoms with E-state index in [-0.39, 0.29) is 32.7 Å². The Morgan fingerprint density at radius 3 is 2.00 bits per heavy atom. The second-order valence-corrected chi connectivity index (χ2v) is 3.07. The van der Waals surface area contributed by atoms with Gasteiger partial charge >= 0.3 is 5.97 Å². The van der Waals surface area contributed by atoms with Crippen LogP contribution in [0.2, 0.25) is 0 Å². The van der Waals surface area contributed by atoms with E-state index in [1.165, 1.54) is 0 Å². The largest absolute Gasteiger partial charge is 0.481 e. The molecular weight excluding hydrogens is 228 g/mol. The Kier molecular flexibility index (Phi) is 3.83. The van der Waals surface area contributed by atoms with E-state index in [0.29, 0.717) is 0 Å².